The van der Waals surface area contributed by atoms with Crippen molar-refractivity contribution in [1.82, 2.24) is 0 Å². The molecule has 4 N–H and O–H groups in total. The van der Waals surface area contributed by atoms with Crippen LogP contribution in [0.25, 0.3) is 0 Å². The van der Waals surface area contributed by atoms with Crippen LogP contribution in [0.15, 0.2) is 30.3 Å². The SMILES string of the molecule is N[C@H](c1ccccc1)C(F)(F)P(=O)(O)O. The van der Waals surface area contributed by atoms with Crippen molar-refractivity contribution in [2.75, 3.05) is 0 Å². The molecule has 0 heterocycles. The van der Waals surface area contributed by atoms with Gasteiger partial charge >= 0.3 is 13.3 Å². The van der Waals surface area contributed by atoms with Gasteiger partial charge < -0.3 is 15.5 Å². The largest absolute Gasteiger partial charge is 0.396 e. The second kappa shape index (κ2) is 3.98. The fourth-order valence-corrected chi connectivity index (χ4v) is 1.55. The number of alkyl halides is 2. The van der Waals surface area contributed by atoms with Gasteiger partial charge in [-0.3, -0.25) is 4.57 Å². The zero-order valence-electron chi connectivity index (χ0n) is 7.55. The first-order chi connectivity index (χ1) is 6.77. The lowest BCUT2D eigenvalue weighted by atomic mass is 10.1. The molecule has 4 nitrogen and oxygen atoms in total. The Balaban J connectivity index is 3.05. The summed E-state index contributed by atoms with van der Waals surface area (Å²) in [6, 6.07) is 5.07. The first kappa shape index (κ1) is 12.3. The molecule has 0 fully saturated rings. The standard InChI is InChI=1S/C8H10F2NO3P/c9-8(10,15(12,13)14)7(11)6-4-2-1-3-5-6/h1-5,7H,11H2,(H2,12,13,14)/t7-/m1/s1. The van der Waals surface area contributed by atoms with Gasteiger partial charge in [0.2, 0.25) is 0 Å². The zero-order chi connectivity index (χ0) is 11.7. The van der Waals surface area contributed by atoms with Crippen molar-refractivity contribution in [1.29, 1.82) is 0 Å². The summed E-state index contributed by atoms with van der Waals surface area (Å²) in [5.74, 6) is 0. The lowest BCUT2D eigenvalue weighted by Gasteiger charge is -2.24. The van der Waals surface area contributed by atoms with Crippen molar-refractivity contribution in [3.05, 3.63) is 35.9 Å². The molecule has 0 aliphatic rings. The predicted octanol–water partition coefficient (Wildman–Crippen LogP) is 1.46. The maximum absolute atomic E-state index is 13.1. The van der Waals surface area contributed by atoms with Crippen molar-refractivity contribution >= 4 is 7.60 Å². The maximum Gasteiger partial charge on any atom is 0.396 e. The number of hydrogen-bond acceptors (Lipinski definition) is 2. The van der Waals surface area contributed by atoms with Crippen molar-refractivity contribution in [3.8, 4) is 0 Å². The second-order valence-corrected chi connectivity index (χ2v) is 4.70. The van der Waals surface area contributed by atoms with Crippen molar-refractivity contribution in [3.63, 3.8) is 0 Å². The minimum atomic E-state index is -5.55. The fourth-order valence-electron chi connectivity index (χ4n) is 1.04. The Morgan fingerprint density at radius 2 is 1.73 bits per heavy atom. The van der Waals surface area contributed by atoms with E-state index in [0.717, 1.165) is 0 Å². The Hall–Kier alpha value is -0.810. The third kappa shape index (κ3) is 2.41. The predicted molar refractivity (Wildman–Crippen MR) is 50.4 cm³/mol. The number of halogens is 2. The zero-order valence-corrected chi connectivity index (χ0v) is 8.44. The normalized spacial score (nSPS) is 15.0. The molecule has 1 atom stereocenters. The van der Waals surface area contributed by atoms with Crippen molar-refractivity contribution < 1.29 is 23.1 Å². The second-order valence-electron chi connectivity index (χ2n) is 3.02. The van der Waals surface area contributed by atoms with E-state index in [-0.39, 0.29) is 5.56 Å². The van der Waals surface area contributed by atoms with Crippen LogP contribution in [0, 0.1) is 0 Å². The van der Waals surface area contributed by atoms with Gasteiger partial charge in [-0.2, -0.15) is 8.78 Å². The van der Waals surface area contributed by atoms with Gasteiger partial charge in [-0.25, -0.2) is 0 Å². The first-order valence-corrected chi connectivity index (χ1v) is 5.62. The third-order valence-corrected chi connectivity index (χ3v) is 2.98. The summed E-state index contributed by atoms with van der Waals surface area (Å²) < 4.78 is 36.8. The molecule has 0 aliphatic heterocycles. The van der Waals surface area contributed by atoms with Gasteiger partial charge in [0.05, 0.1) is 0 Å². The van der Waals surface area contributed by atoms with Crippen molar-refractivity contribution in [2.45, 2.75) is 11.7 Å². The smallest absolute Gasteiger partial charge is 0.320 e. The molecule has 1 aromatic rings. The van der Waals surface area contributed by atoms with Crippen LogP contribution in [0.5, 0.6) is 0 Å². The van der Waals surface area contributed by atoms with E-state index in [0.29, 0.717) is 0 Å². The van der Waals surface area contributed by atoms with Crippen LogP contribution < -0.4 is 5.73 Å². The molecule has 0 aliphatic carbocycles. The lowest BCUT2D eigenvalue weighted by Crippen LogP contribution is -2.32. The van der Waals surface area contributed by atoms with Crippen molar-refractivity contribution in [2.24, 2.45) is 5.73 Å². The van der Waals surface area contributed by atoms with Crippen LogP contribution in [0.2, 0.25) is 0 Å². The molecule has 0 unspecified atom stereocenters. The van der Waals surface area contributed by atoms with Crippen LogP contribution in [-0.2, 0) is 4.57 Å². The molecule has 0 radical (unpaired) electrons. The van der Waals surface area contributed by atoms with Crippen LogP contribution in [0.3, 0.4) is 0 Å². The quantitative estimate of drug-likeness (QED) is 0.695. The van der Waals surface area contributed by atoms with E-state index >= 15 is 0 Å². The summed E-state index contributed by atoms with van der Waals surface area (Å²) in [6.07, 6.45) is 0. The minimum Gasteiger partial charge on any atom is -0.320 e. The van der Waals surface area contributed by atoms with Gasteiger partial charge in [-0.15, -0.1) is 0 Å². The van der Waals surface area contributed by atoms with Crippen LogP contribution in [0.4, 0.5) is 8.78 Å². The molecular weight excluding hydrogens is 227 g/mol. The summed E-state index contributed by atoms with van der Waals surface area (Å²) in [6.45, 7) is 0. The summed E-state index contributed by atoms with van der Waals surface area (Å²) in [5, 5.41) is 0. The van der Waals surface area contributed by atoms with E-state index in [1.165, 1.54) is 24.3 Å². The minimum absolute atomic E-state index is 0.0224. The first-order valence-electron chi connectivity index (χ1n) is 4.01. The molecule has 1 aromatic carbocycles. The average Bonchev–Trinajstić information content (AvgIpc) is 2.16. The summed E-state index contributed by atoms with van der Waals surface area (Å²) in [5.41, 5.74) is 0.839. The summed E-state index contributed by atoms with van der Waals surface area (Å²) >= 11 is 0. The van der Waals surface area contributed by atoms with Gasteiger partial charge in [0.15, 0.2) is 0 Å². The summed E-state index contributed by atoms with van der Waals surface area (Å²) in [7, 11) is -5.55. The third-order valence-electron chi connectivity index (χ3n) is 1.92. The van der Waals surface area contributed by atoms with Crippen LogP contribution in [-0.4, -0.2) is 15.5 Å². The van der Waals surface area contributed by atoms with Crippen LogP contribution >= 0.6 is 7.60 Å². The van der Waals surface area contributed by atoms with E-state index in [1.54, 1.807) is 6.07 Å². The average molecular weight is 237 g/mol. The maximum atomic E-state index is 13.1. The van der Waals surface area contributed by atoms with E-state index < -0.39 is 19.3 Å². The highest BCUT2D eigenvalue weighted by Gasteiger charge is 2.54. The molecule has 15 heavy (non-hydrogen) atoms. The number of rotatable bonds is 3. The molecule has 0 saturated carbocycles. The van der Waals surface area contributed by atoms with Crippen LogP contribution in [0.1, 0.15) is 11.6 Å². The Kier molecular flexibility index (Phi) is 3.25. The van der Waals surface area contributed by atoms with Gasteiger partial charge in [0.25, 0.3) is 0 Å². The van der Waals surface area contributed by atoms with E-state index in [4.69, 9.17) is 15.5 Å². The topological polar surface area (TPSA) is 83.6 Å². The molecule has 7 heteroatoms. The number of hydrogen-bond donors (Lipinski definition) is 3. The van der Waals surface area contributed by atoms with Gasteiger partial charge in [0, 0.05) is 0 Å². The molecule has 1 rings (SSSR count). The lowest BCUT2D eigenvalue weighted by molar-refractivity contribution is 0.0324. The molecule has 0 saturated heterocycles. The molecule has 0 bridgehead atoms. The number of nitrogens with two attached hydrogens (primary N) is 1. The van der Waals surface area contributed by atoms with E-state index in [9.17, 15) is 13.3 Å². The summed E-state index contributed by atoms with van der Waals surface area (Å²) in [4.78, 5) is 16.9. The van der Waals surface area contributed by atoms with Gasteiger partial charge in [0.1, 0.15) is 6.04 Å². The Morgan fingerprint density at radius 3 is 2.13 bits per heavy atom. The van der Waals surface area contributed by atoms with E-state index in [2.05, 4.69) is 0 Å². The van der Waals surface area contributed by atoms with Gasteiger partial charge in [-0.1, -0.05) is 30.3 Å². The van der Waals surface area contributed by atoms with Gasteiger partial charge in [-0.05, 0) is 5.56 Å². The Labute approximate surface area is 84.9 Å². The molecular formula is C8H10F2NO3P. The number of benzene rings is 1. The molecule has 84 valence electrons. The Bertz CT molecular complexity index is 379. The molecule has 0 aromatic heterocycles. The highest BCUT2D eigenvalue weighted by atomic mass is 31.2. The highest BCUT2D eigenvalue weighted by molar-refractivity contribution is 7.53. The Morgan fingerprint density at radius 1 is 1.27 bits per heavy atom. The highest BCUT2D eigenvalue weighted by Crippen LogP contribution is 2.57. The fraction of sp³-hybridized carbons (Fsp3) is 0.250. The molecule has 0 spiro atoms. The molecule has 0 amide bonds. The monoisotopic (exact) mass is 237 g/mol. The van der Waals surface area contributed by atoms with E-state index in [1.807, 2.05) is 0 Å².